The Morgan fingerprint density at radius 3 is 2.55 bits per heavy atom. The van der Waals surface area contributed by atoms with Gasteiger partial charge in [0.2, 0.25) is 5.91 Å². The molecule has 2 fully saturated rings. The van der Waals surface area contributed by atoms with Crippen molar-refractivity contribution in [2.45, 2.75) is 64.8 Å². The first-order chi connectivity index (χ1) is 16.0. The highest BCUT2D eigenvalue weighted by atomic mass is 35.5. The molecule has 1 saturated carbocycles. The van der Waals surface area contributed by atoms with Gasteiger partial charge in [0.15, 0.2) is 5.82 Å². The van der Waals surface area contributed by atoms with Crippen LogP contribution in [0.3, 0.4) is 0 Å². The van der Waals surface area contributed by atoms with E-state index in [1.165, 1.54) is 19.3 Å². The van der Waals surface area contributed by atoms with Crippen LogP contribution in [0.5, 0.6) is 0 Å². The number of amides is 1. The minimum absolute atomic E-state index is 0.0294. The topological polar surface area (TPSA) is 75.9 Å². The van der Waals surface area contributed by atoms with Gasteiger partial charge in [-0.05, 0) is 63.8 Å². The van der Waals surface area contributed by atoms with Crippen LogP contribution in [-0.2, 0) is 4.79 Å². The molecule has 2 aliphatic rings. The standard InChI is InChI=1S/C25H31ClN6O/c1-16-22-17(2)32(21-12-10-19(26)11-13-21)30-23(22)24(29-28-16)31-14-6-7-18(15-31)25(33)27-20-8-4-3-5-9-20/h10-13,18,20H,3-9,14-15H2,1-2H3,(H,27,33). The summed E-state index contributed by atoms with van der Waals surface area (Å²) in [5, 5.41) is 19.0. The quantitative estimate of drug-likeness (QED) is 0.600. The van der Waals surface area contributed by atoms with Gasteiger partial charge in [-0.1, -0.05) is 30.9 Å². The molecule has 1 saturated heterocycles. The SMILES string of the molecule is Cc1nnc(N2CCCC(C(=O)NC3CCCCC3)C2)c2nn(-c3ccc(Cl)cc3)c(C)c12. The van der Waals surface area contributed by atoms with Crippen molar-refractivity contribution in [2.75, 3.05) is 18.0 Å². The number of hydrogen-bond acceptors (Lipinski definition) is 5. The number of anilines is 1. The predicted octanol–water partition coefficient (Wildman–Crippen LogP) is 4.75. The number of rotatable bonds is 4. The lowest BCUT2D eigenvalue weighted by Gasteiger charge is -2.34. The van der Waals surface area contributed by atoms with Crippen LogP contribution >= 0.6 is 11.6 Å². The number of piperidine rings is 1. The van der Waals surface area contributed by atoms with E-state index < -0.39 is 0 Å². The van der Waals surface area contributed by atoms with E-state index in [-0.39, 0.29) is 11.8 Å². The Morgan fingerprint density at radius 2 is 1.79 bits per heavy atom. The van der Waals surface area contributed by atoms with Crippen molar-refractivity contribution in [3.8, 4) is 5.69 Å². The van der Waals surface area contributed by atoms with Crippen LogP contribution < -0.4 is 10.2 Å². The average Bonchev–Trinajstić information content (AvgIpc) is 3.18. The minimum atomic E-state index is -0.0294. The summed E-state index contributed by atoms with van der Waals surface area (Å²) in [7, 11) is 0. The number of fused-ring (bicyclic) bond motifs is 1. The molecule has 1 amide bonds. The molecular weight excluding hydrogens is 436 g/mol. The molecule has 0 radical (unpaired) electrons. The van der Waals surface area contributed by atoms with Crippen LogP contribution in [0.15, 0.2) is 24.3 Å². The average molecular weight is 467 g/mol. The highest BCUT2D eigenvalue weighted by molar-refractivity contribution is 6.30. The molecule has 7 nitrogen and oxygen atoms in total. The van der Waals surface area contributed by atoms with E-state index in [1.54, 1.807) is 0 Å². The number of benzene rings is 1. The third kappa shape index (κ3) is 4.43. The molecular formula is C25H31ClN6O. The Morgan fingerprint density at radius 1 is 1.03 bits per heavy atom. The largest absolute Gasteiger partial charge is 0.353 e. The van der Waals surface area contributed by atoms with Gasteiger partial charge in [0, 0.05) is 24.2 Å². The maximum absolute atomic E-state index is 13.0. The maximum Gasteiger partial charge on any atom is 0.225 e. The summed E-state index contributed by atoms with van der Waals surface area (Å²) in [4.78, 5) is 15.2. The predicted molar refractivity (Wildman–Crippen MR) is 131 cm³/mol. The highest BCUT2D eigenvalue weighted by Gasteiger charge is 2.30. The molecule has 0 bridgehead atoms. The molecule has 1 aliphatic heterocycles. The van der Waals surface area contributed by atoms with Gasteiger partial charge < -0.3 is 10.2 Å². The van der Waals surface area contributed by atoms with Crippen molar-refractivity contribution < 1.29 is 4.79 Å². The molecule has 2 aromatic heterocycles. The molecule has 1 aromatic carbocycles. The number of aromatic nitrogens is 4. The number of nitrogens with one attached hydrogen (secondary N) is 1. The summed E-state index contributed by atoms with van der Waals surface area (Å²) >= 11 is 6.08. The number of carbonyl (C=O) groups is 1. The molecule has 33 heavy (non-hydrogen) atoms. The van der Waals surface area contributed by atoms with Crippen LogP contribution in [0.4, 0.5) is 5.82 Å². The molecule has 174 valence electrons. The molecule has 1 atom stereocenters. The van der Waals surface area contributed by atoms with Crippen LogP contribution in [0, 0.1) is 19.8 Å². The Bertz CT molecular complexity index is 1150. The van der Waals surface area contributed by atoms with Gasteiger partial charge in [-0.15, -0.1) is 5.10 Å². The van der Waals surface area contributed by atoms with E-state index in [0.29, 0.717) is 17.6 Å². The first-order valence-electron chi connectivity index (χ1n) is 12.0. The molecule has 1 N–H and O–H groups in total. The third-order valence-electron chi connectivity index (χ3n) is 7.10. The Balaban J connectivity index is 1.43. The first-order valence-corrected chi connectivity index (χ1v) is 12.4. The van der Waals surface area contributed by atoms with E-state index in [4.69, 9.17) is 16.7 Å². The van der Waals surface area contributed by atoms with Gasteiger partial charge in [-0.2, -0.15) is 10.2 Å². The summed E-state index contributed by atoms with van der Waals surface area (Å²) in [6.07, 6.45) is 7.80. The molecule has 5 rings (SSSR count). The van der Waals surface area contributed by atoms with Gasteiger partial charge in [0.05, 0.1) is 28.4 Å². The number of nitrogens with zero attached hydrogens (tertiary/aromatic N) is 5. The van der Waals surface area contributed by atoms with Crippen molar-refractivity contribution in [2.24, 2.45) is 5.92 Å². The van der Waals surface area contributed by atoms with Gasteiger partial charge >= 0.3 is 0 Å². The Kier molecular flexibility index (Phi) is 6.23. The second-order valence-electron chi connectivity index (χ2n) is 9.43. The van der Waals surface area contributed by atoms with Crippen molar-refractivity contribution >= 4 is 34.2 Å². The fourth-order valence-electron chi connectivity index (χ4n) is 5.31. The van der Waals surface area contributed by atoms with Gasteiger partial charge in [-0.25, -0.2) is 4.68 Å². The molecule has 3 heterocycles. The first kappa shape index (κ1) is 22.1. The molecule has 0 spiro atoms. The van der Waals surface area contributed by atoms with Crippen molar-refractivity contribution in [1.82, 2.24) is 25.3 Å². The minimum Gasteiger partial charge on any atom is -0.353 e. The third-order valence-corrected chi connectivity index (χ3v) is 7.35. The van der Waals surface area contributed by atoms with E-state index >= 15 is 0 Å². The maximum atomic E-state index is 13.0. The van der Waals surface area contributed by atoms with Crippen LogP contribution in [-0.4, -0.2) is 45.0 Å². The van der Waals surface area contributed by atoms with Gasteiger partial charge in [0.1, 0.15) is 5.52 Å². The van der Waals surface area contributed by atoms with E-state index in [2.05, 4.69) is 27.3 Å². The summed E-state index contributed by atoms with van der Waals surface area (Å²) in [6, 6.07) is 8.00. The van der Waals surface area contributed by atoms with Crippen molar-refractivity contribution in [3.05, 3.63) is 40.7 Å². The number of halogens is 1. The number of hydrogen-bond donors (Lipinski definition) is 1. The zero-order valence-corrected chi connectivity index (χ0v) is 20.1. The van der Waals surface area contributed by atoms with Crippen LogP contribution in [0.25, 0.3) is 16.6 Å². The fourth-order valence-corrected chi connectivity index (χ4v) is 5.43. The van der Waals surface area contributed by atoms with Crippen molar-refractivity contribution in [1.29, 1.82) is 0 Å². The zero-order valence-electron chi connectivity index (χ0n) is 19.4. The lowest BCUT2D eigenvalue weighted by Crippen LogP contribution is -2.46. The summed E-state index contributed by atoms with van der Waals surface area (Å²) in [6.45, 7) is 5.53. The van der Waals surface area contributed by atoms with Gasteiger partial charge in [0.25, 0.3) is 0 Å². The van der Waals surface area contributed by atoms with Crippen LogP contribution in [0.1, 0.15) is 56.3 Å². The Labute approximate surface area is 199 Å². The van der Waals surface area contributed by atoms with Crippen LogP contribution in [0.2, 0.25) is 5.02 Å². The zero-order chi connectivity index (χ0) is 22.9. The highest BCUT2D eigenvalue weighted by Crippen LogP contribution is 2.32. The monoisotopic (exact) mass is 466 g/mol. The Hall–Kier alpha value is -2.67. The fraction of sp³-hybridized carbons (Fsp3) is 0.520. The summed E-state index contributed by atoms with van der Waals surface area (Å²) < 4.78 is 1.93. The van der Waals surface area contributed by atoms with E-state index in [1.807, 2.05) is 35.9 Å². The van der Waals surface area contributed by atoms with E-state index in [0.717, 1.165) is 66.0 Å². The summed E-state index contributed by atoms with van der Waals surface area (Å²) in [5.41, 5.74) is 3.66. The molecule has 8 heteroatoms. The number of aryl methyl sites for hydroxylation is 2. The number of carbonyl (C=O) groups excluding carboxylic acids is 1. The molecule has 1 unspecified atom stereocenters. The summed E-state index contributed by atoms with van der Waals surface area (Å²) in [5.74, 6) is 0.922. The van der Waals surface area contributed by atoms with E-state index in [9.17, 15) is 4.79 Å². The molecule has 1 aliphatic carbocycles. The lowest BCUT2D eigenvalue weighted by molar-refractivity contribution is -0.126. The molecule has 3 aromatic rings. The smallest absolute Gasteiger partial charge is 0.225 e. The second kappa shape index (κ2) is 9.29. The van der Waals surface area contributed by atoms with Gasteiger partial charge in [-0.3, -0.25) is 4.79 Å². The van der Waals surface area contributed by atoms with Crippen molar-refractivity contribution in [3.63, 3.8) is 0 Å². The second-order valence-corrected chi connectivity index (χ2v) is 9.87. The lowest BCUT2D eigenvalue weighted by atomic mass is 9.93. The normalized spacial score (nSPS) is 19.7.